The van der Waals surface area contributed by atoms with Crippen LogP contribution in [-0.2, 0) is 11.3 Å². The number of esters is 1. The Morgan fingerprint density at radius 1 is 1.20 bits per heavy atom. The molecule has 0 saturated heterocycles. The molecule has 7 heteroatoms. The van der Waals surface area contributed by atoms with Crippen LogP contribution in [0.4, 0.5) is 5.82 Å². The number of nitrogens with one attached hydrogen (secondary N) is 1. The number of hydrogen-bond acceptors (Lipinski definition) is 5. The summed E-state index contributed by atoms with van der Waals surface area (Å²) in [6, 6.07) is 16.0. The van der Waals surface area contributed by atoms with Crippen LogP contribution in [0, 0.1) is 13.8 Å². The third-order valence-corrected chi connectivity index (χ3v) is 6.16. The standard InChI is InChI=1S/C23H22ClN3O2S/c1-4-29-22(28)20-15(3)27-21(25-13-16-8-5-7-14(2)11-16)19(26-23(27)30-20)17-9-6-10-18(24)12-17/h5-12,25H,4,13H2,1-3H3. The van der Waals surface area contributed by atoms with E-state index in [2.05, 4.69) is 30.4 Å². The van der Waals surface area contributed by atoms with Gasteiger partial charge in [0.15, 0.2) is 4.96 Å². The Morgan fingerprint density at radius 2 is 2.00 bits per heavy atom. The Labute approximate surface area is 184 Å². The lowest BCUT2D eigenvalue weighted by molar-refractivity contribution is 0.0531. The van der Waals surface area contributed by atoms with E-state index in [-0.39, 0.29) is 5.97 Å². The number of aryl methyl sites for hydroxylation is 2. The summed E-state index contributed by atoms with van der Waals surface area (Å²) in [7, 11) is 0. The highest BCUT2D eigenvalue weighted by Crippen LogP contribution is 2.36. The molecule has 0 aliphatic heterocycles. The number of rotatable bonds is 6. The number of fused-ring (bicyclic) bond motifs is 1. The number of thiazole rings is 1. The molecule has 2 aromatic carbocycles. The van der Waals surface area contributed by atoms with Gasteiger partial charge in [-0.25, -0.2) is 9.78 Å². The average molecular weight is 440 g/mol. The fourth-order valence-corrected chi connectivity index (χ4v) is 4.65. The summed E-state index contributed by atoms with van der Waals surface area (Å²) in [6.45, 7) is 6.76. The minimum Gasteiger partial charge on any atom is -0.462 e. The van der Waals surface area contributed by atoms with Gasteiger partial charge in [-0.05, 0) is 38.5 Å². The molecule has 0 radical (unpaired) electrons. The molecule has 0 unspecified atom stereocenters. The van der Waals surface area contributed by atoms with Gasteiger partial charge in [0.05, 0.1) is 6.61 Å². The Bertz CT molecular complexity index is 1230. The summed E-state index contributed by atoms with van der Waals surface area (Å²) in [5.74, 6) is 0.512. The fourth-order valence-electron chi connectivity index (χ4n) is 3.44. The molecule has 0 spiro atoms. The Balaban J connectivity index is 1.81. The molecule has 0 bridgehead atoms. The van der Waals surface area contributed by atoms with Crippen molar-refractivity contribution in [3.63, 3.8) is 0 Å². The Kier molecular flexibility index (Phi) is 5.79. The first-order valence-electron chi connectivity index (χ1n) is 9.72. The highest BCUT2D eigenvalue weighted by Gasteiger charge is 2.23. The third-order valence-electron chi connectivity index (χ3n) is 4.81. The van der Waals surface area contributed by atoms with Crippen molar-refractivity contribution in [2.24, 2.45) is 0 Å². The zero-order chi connectivity index (χ0) is 21.3. The normalized spacial score (nSPS) is 11.1. The van der Waals surface area contributed by atoms with E-state index < -0.39 is 0 Å². The summed E-state index contributed by atoms with van der Waals surface area (Å²) in [4.78, 5) is 18.5. The number of ether oxygens (including phenoxy) is 1. The first-order chi connectivity index (χ1) is 14.5. The SMILES string of the molecule is CCOC(=O)c1sc2nc(-c3cccc(Cl)c3)c(NCc3cccc(C)c3)n2c1C. The number of carbonyl (C=O) groups excluding carboxylic acids is 1. The van der Waals surface area contributed by atoms with Crippen molar-refractivity contribution in [2.75, 3.05) is 11.9 Å². The molecule has 0 atom stereocenters. The van der Waals surface area contributed by atoms with Crippen LogP contribution in [0.25, 0.3) is 16.2 Å². The van der Waals surface area contributed by atoms with Gasteiger partial charge in [-0.2, -0.15) is 0 Å². The van der Waals surface area contributed by atoms with Gasteiger partial charge in [-0.3, -0.25) is 4.40 Å². The third kappa shape index (κ3) is 3.93. The van der Waals surface area contributed by atoms with Crippen LogP contribution in [-0.4, -0.2) is 22.0 Å². The molecule has 30 heavy (non-hydrogen) atoms. The molecule has 2 aromatic heterocycles. The fraction of sp³-hybridized carbons (Fsp3) is 0.217. The van der Waals surface area contributed by atoms with Crippen LogP contribution in [0.2, 0.25) is 5.02 Å². The Hall–Kier alpha value is -2.83. The van der Waals surface area contributed by atoms with E-state index in [0.717, 1.165) is 27.7 Å². The highest BCUT2D eigenvalue weighted by molar-refractivity contribution is 7.19. The van der Waals surface area contributed by atoms with Crippen molar-refractivity contribution >= 4 is 39.7 Å². The molecule has 2 heterocycles. The summed E-state index contributed by atoms with van der Waals surface area (Å²) < 4.78 is 7.20. The van der Waals surface area contributed by atoms with Crippen LogP contribution in [0.1, 0.15) is 33.4 Å². The van der Waals surface area contributed by atoms with Crippen molar-refractivity contribution in [2.45, 2.75) is 27.3 Å². The number of aromatic nitrogens is 2. The highest BCUT2D eigenvalue weighted by atomic mass is 35.5. The lowest BCUT2D eigenvalue weighted by atomic mass is 10.1. The Morgan fingerprint density at radius 3 is 2.73 bits per heavy atom. The lowest BCUT2D eigenvalue weighted by Crippen LogP contribution is -2.07. The van der Waals surface area contributed by atoms with Crippen LogP contribution < -0.4 is 5.32 Å². The molecule has 1 N–H and O–H groups in total. The van der Waals surface area contributed by atoms with Crippen molar-refractivity contribution in [1.29, 1.82) is 0 Å². The summed E-state index contributed by atoms with van der Waals surface area (Å²) >= 11 is 7.56. The summed E-state index contributed by atoms with van der Waals surface area (Å²) in [5.41, 5.74) is 4.90. The number of benzene rings is 2. The monoisotopic (exact) mass is 439 g/mol. The van der Waals surface area contributed by atoms with Crippen LogP contribution in [0.15, 0.2) is 48.5 Å². The van der Waals surface area contributed by atoms with Crippen LogP contribution in [0.3, 0.4) is 0 Å². The van der Waals surface area contributed by atoms with Gasteiger partial charge in [0.25, 0.3) is 0 Å². The minimum absolute atomic E-state index is 0.320. The quantitative estimate of drug-likeness (QED) is 0.367. The topological polar surface area (TPSA) is 55.6 Å². The molecule has 4 aromatic rings. The first kappa shape index (κ1) is 20.4. The van der Waals surface area contributed by atoms with Gasteiger partial charge in [0, 0.05) is 22.8 Å². The number of anilines is 1. The summed E-state index contributed by atoms with van der Waals surface area (Å²) in [5, 5.41) is 4.19. The van der Waals surface area contributed by atoms with E-state index in [1.165, 1.54) is 22.5 Å². The maximum atomic E-state index is 12.4. The number of nitrogens with zero attached hydrogens (tertiary/aromatic N) is 2. The predicted octanol–water partition coefficient (Wildman–Crippen LogP) is 6.12. The molecular weight excluding hydrogens is 418 g/mol. The van der Waals surface area contributed by atoms with Gasteiger partial charge in [-0.15, -0.1) is 0 Å². The van der Waals surface area contributed by atoms with E-state index >= 15 is 0 Å². The number of hydrogen-bond donors (Lipinski definition) is 1. The van der Waals surface area contributed by atoms with E-state index in [1.807, 2.05) is 41.7 Å². The zero-order valence-electron chi connectivity index (χ0n) is 17.0. The second-order valence-electron chi connectivity index (χ2n) is 7.02. The molecule has 154 valence electrons. The molecule has 0 aliphatic rings. The summed E-state index contributed by atoms with van der Waals surface area (Å²) in [6.07, 6.45) is 0. The van der Waals surface area contributed by atoms with Gasteiger partial charge in [0.1, 0.15) is 16.4 Å². The van der Waals surface area contributed by atoms with Crippen molar-refractivity contribution in [1.82, 2.24) is 9.38 Å². The van der Waals surface area contributed by atoms with E-state index in [4.69, 9.17) is 21.3 Å². The van der Waals surface area contributed by atoms with Gasteiger partial charge in [-0.1, -0.05) is 64.9 Å². The zero-order valence-corrected chi connectivity index (χ0v) is 18.6. The first-order valence-corrected chi connectivity index (χ1v) is 10.9. The van der Waals surface area contributed by atoms with Crippen LogP contribution >= 0.6 is 22.9 Å². The van der Waals surface area contributed by atoms with E-state index in [1.54, 1.807) is 6.92 Å². The molecule has 0 amide bonds. The lowest BCUT2D eigenvalue weighted by Gasteiger charge is -2.10. The maximum Gasteiger partial charge on any atom is 0.350 e. The molecule has 4 rings (SSSR count). The van der Waals surface area contributed by atoms with Crippen LogP contribution in [0.5, 0.6) is 0 Å². The van der Waals surface area contributed by atoms with Crippen molar-refractivity contribution in [3.8, 4) is 11.3 Å². The predicted molar refractivity (Wildman–Crippen MR) is 123 cm³/mol. The number of carbonyl (C=O) groups is 1. The molecule has 0 aliphatic carbocycles. The van der Waals surface area contributed by atoms with Crippen molar-refractivity contribution < 1.29 is 9.53 Å². The molecule has 0 saturated carbocycles. The van der Waals surface area contributed by atoms with Crippen molar-refractivity contribution in [3.05, 3.63) is 75.3 Å². The van der Waals surface area contributed by atoms with E-state index in [0.29, 0.717) is 23.1 Å². The van der Waals surface area contributed by atoms with Gasteiger partial charge >= 0.3 is 5.97 Å². The second-order valence-corrected chi connectivity index (χ2v) is 8.43. The second kappa shape index (κ2) is 8.50. The van der Waals surface area contributed by atoms with E-state index in [9.17, 15) is 4.79 Å². The molecule has 5 nitrogen and oxygen atoms in total. The maximum absolute atomic E-state index is 12.4. The number of halogens is 1. The average Bonchev–Trinajstić information content (AvgIpc) is 3.23. The smallest absolute Gasteiger partial charge is 0.350 e. The molecular formula is C23H22ClN3O2S. The minimum atomic E-state index is -0.320. The molecule has 0 fully saturated rings. The van der Waals surface area contributed by atoms with Gasteiger partial charge in [0.2, 0.25) is 0 Å². The largest absolute Gasteiger partial charge is 0.462 e. The number of imidazole rings is 1. The van der Waals surface area contributed by atoms with Gasteiger partial charge < -0.3 is 10.1 Å².